The van der Waals surface area contributed by atoms with Crippen LogP contribution in [0.15, 0.2) is 0 Å². The van der Waals surface area contributed by atoms with Crippen molar-refractivity contribution in [2.45, 2.75) is 37.9 Å². The first-order valence-electron chi connectivity index (χ1n) is 6.11. The Morgan fingerprint density at radius 2 is 1.67 bits per heavy atom. The first kappa shape index (κ1) is 11.4. The van der Waals surface area contributed by atoms with Crippen LogP contribution in [0.5, 0.6) is 0 Å². The van der Waals surface area contributed by atoms with Crippen molar-refractivity contribution in [2.75, 3.05) is 33.9 Å². The Hall–Kier alpha value is -0.120. The van der Waals surface area contributed by atoms with E-state index >= 15 is 0 Å². The van der Waals surface area contributed by atoms with Gasteiger partial charge in [0.05, 0.1) is 13.1 Å². The Labute approximate surface area is 92.7 Å². The molecule has 1 saturated carbocycles. The fourth-order valence-corrected chi connectivity index (χ4v) is 2.84. The van der Waals surface area contributed by atoms with Crippen LogP contribution in [0.4, 0.5) is 0 Å². The van der Waals surface area contributed by atoms with Gasteiger partial charge in [0.25, 0.3) is 0 Å². The molecule has 1 heterocycles. The van der Waals surface area contributed by atoms with E-state index in [0.717, 1.165) is 19.0 Å². The van der Waals surface area contributed by atoms with Crippen molar-refractivity contribution in [2.24, 2.45) is 5.92 Å². The summed E-state index contributed by atoms with van der Waals surface area (Å²) in [6.07, 6.45) is 7.14. The fraction of sp³-hybridized carbons (Fsp3) is 1.00. The van der Waals surface area contributed by atoms with Gasteiger partial charge in [0, 0.05) is 20.8 Å². The number of likely N-dealkylation sites (tertiary alicyclic amines) is 1. The minimum Gasteiger partial charge on any atom is -0.351 e. The Balaban J connectivity index is 1.70. The molecule has 0 aromatic carbocycles. The van der Waals surface area contributed by atoms with E-state index in [9.17, 15) is 0 Å². The molecule has 0 unspecified atom stereocenters. The maximum Gasteiger partial charge on any atom is 0.193 e. The summed E-state index contributed by atoms with van der Waals surface area (Å²) in [6, 6.07) is 0. The summed E-state index contributed by atoms with van der Waals surface area (Å²) in [7, 11) is 3.48. The third-order valence-corrected chi connectivity index (χ3v) is 3.91. The molecule has 2 fully saturated rings. The minimum atomic E-state index is -0.297. The van der Waals surface area contributed by atoms with Crippen LogP contribution in [0.2, 0.25) is 0 Å². The summed E-state index contributed by atoms with van der Waals surface area (Å²) >= 11 is 0. The third-order valence-electron chi connectivity index (χ3n) is 3.91. The molecular formula is C12H23NO2. The topological polar surface area (TPSA) is 21.7 Å². The van der Waals surface area contributed by atoms with Crippen LogP contribution in [-0.4, -0.2) is 44.5 Å². The largest absolute Gasteiger partial charge is 0.351 e. The van der Waals surface area contributed by atoms with Crippen molar-refractivity contribution in [1.29, 1.82) is 0 Å². The zero-order valence-electron chi connectivity index (χ0n) is 10.00. The Morgan fingerprint density at radius 3 is 2.20 bits per heavy atom. The first-order valence-corrected chi connectivity index (χ1v) is 6.11. The number of hydrogen-bond donors (Lipinski definition) is 0. The van der Waals surface area contributed by atoms with Crippen molar-refractivity contribution >= 4 is 0 Å². The highest BCUT2D eigenvalue weighted by Crippen LogP contribution is 2.30. The molecule has 0 amide bonds. The predicted octanol–water partition coefficient (Wildman–Crippen LogP) is 1.87. The molecule has 1 aliphatic heterocycles. The van der Waals surface area contributed by atoms with Crippen LogP contribution in [0.3, 0.4) is 0 Å². The van der Waals surface area contributed by atoms with Crippen LogP contribution < -0.4 is 0 Å². The zero-order valence-corrected chi connectivity index (χ0v) is 10.00. The molecule has 1 aliphatic carbocycles. The van der Waals surface area contributed by atoms with E-state index in [4.69, 9.17) is 9.47 Å². The van der Waals surface area contributed by atoms with Gasteiger partial charge < -0.3 is 9.47 Å². The molecule has 0 N–H and O–H groups in total. The normalized spacial score (nSPS) is 27.6. The Kier molecular flexibility index (Phi) is 3.65. The van der Waals surface area contributed by atoms with E-state index < -0.39 is 0 Å². The molecule has 15 heavy (non-hydrogen) atoms. The van der Waals surface area contributed by atoms with Crippen LogP contribution in [0.25, 0.3) is 0 Å². The van der Waals surface area contributed by atoms with Crippen LogP contribution >= 0.6 is 0 Å². The molecule has 3 nitrogen and oxygen atoms in total. The molecule has 0 radical (unpaired) electrons. The molecule has 0 aromatic rings. The zero-order chi connectivity index (χ0) is 10.7. The molecule has 88 valence electrons. The van der Waals surface area contributed by atoms with E-state index in [1.54, 1.807) is 14.2 Å². The Bertz CT molecular complexity index is 190. The number of nitrogens with zero attached hydrogens (tertiary/aromatic N) is 1. The average Bonchev–Trinajstić information content (AvgIpc) is 2.24. The van der Waals surface area contributed by atoms with E-state index in [1.807, 2.05) is 0 Å². The smallest absolute Gasteiger partial charge is 0.193 e. The molecule has 0 bridgehead atoms. The number of hydrogen-bond acceptors (Lipinski definition) is 3. The lowest BCUT2D eigenvalue weighted by atomic mass is 9.88. The third kappa shape index (κ3) is 2.52. The van der Waals surface area contributed by atoms with Gasteiger partial charge in [-0.3, -0.25) is 4.90 Å². The van der Waals surface area contributed by atoms with Gasteiger partial charge in [0.2, 0.25) is 0 Å². The maximum absolute atomic E-state index is 5.38. The maximum atomic E-state index is 5.38. The quantitative estimate of drug-likeness (QED) is 0.665. The van der Waals surface area contributed by atoms with E-state index in [1.165, 1.54) is 38.6 Å². The van der Waals surface area contributed by atoms with Gasteiger partial charge in [-0.05, 0) is 18.8 Å². The summed E-state index contributed by atoms with van der Waals surface area (Å²) in [4.78, 5) is 2.46. The summed E-state index contributed by atoms with van der Waals surface area (Å²) < 4.78 is 10.8. The molecule has 1 saturated heterocycles. The predicted molar refractivity (Wildman–Crippen MR) is 59.8 cm³/mol. The van der Waals surface area contributed by atoms with Gasteiger partial charge in [-0.2, -0.15) is 0 Å². The van der Waals surface area contributed by atoms with Gasteiger partial charge in [-0.15, -0.1) is 0 Å². The highest BCUT2D eigenvalue weighted by Gasteiger charge is 2.44. The SMILES string of the molecule is COC1(OC)CN(CC2CCCCC2)C1. The van der Waals surface area contributed by atoms with Gasteiger partial charge in [-0.1, -0.05) is 19.3 Å². The minimum absolute atomic E-state index is 0.297. The molecular weight excluding hydrogens is 190 g/mol. The number of ether oxygens (including phenoxy) is 2. The second-order valence-corrected chi connectivity index (χ2v) is 4.99. The van der Waals surface area contributed by atoms with Crippen LogP contribution in [0, 0.1) is 5.92 Å². The molecule has 3 heteroatoms. The van der Waals surface area contributed by atoms with Crippen molar-refractivity contribution in [3.05, 3.63) is 0 Å². The van der Waals surface area contributed by atoms with Gasteiger partial charge in [-0.25, -0.2) is 0 Å². The Morgan fingerprint density at radius 1 is 1.07 bits per heavy atom. The van der Waals surface area contributed by atoms with Crippen molar-refractivity contribution in [1.82, 2.24) is 4.90 Å². The molecule has 0 aromatic heterocycles. The second-order valence-electron chi connectivity index (χ2n) is 4.99. The molecule has 0 atom stereocenters. The van der Waals surface area contributed by atoms with Crippen molar-refractivity contribution in [3.8, 4) is 0 Å². The lowest BCUT2D eigenvalue weighted by molar-refractivity contribution is -0.276. The van der Waals surface area contributed by atoms with Crippen molar-refractivity contribution < 1.29 is 9.47 Å². The number of methoxy groups -OCH3 is 2. The average molecular weight is 213 g/mol. The summed E-state index contributed by atoms with van der Waals surface area (Å²) in [5.74, 6) is 0.625. The van der Waals surface area contributed by atoms with Gasteiger partial charge >= 0.3 is 0 Å². The summed E-state index contributed by atoms with van der Waals surface area (Å²) in [5, 5.41) is 0. The van der Waals surface area contributed by atoms with Crippen LogP contribution in [-0.2, 0) is 9.47 Å². The summed E-state index contributed by atoms with van der Waals surface area (Å²) in [6.45, 7) is 3.13. The molecule has 2 aliphatic rings. The molecule has 2 rings (SSSR count). The fourth-order valence-electron chi connectivity index (χ4n) is 2.84. The highest BCUT2D eigenvalue weighted by atomic mass is 16.7. The van der Waals surface area contributed by atoms with Gasteiger partial charge in [0.1, 0.15) is 0 Å². The van der Waals surface area contributed by atoms with Gasteiger partial charge in [0.15, 0.2) is 5.79 Å². The highest BCUT2D eigenvalue weighted by molar-refractivity contribution is 4.90. The lowest BCUT2D eigenvalue weighted by Gasteiger charge is -2.48. The van der Waals surface area contributed by atoms with Crippen LogP contribution in [0.1, 0.15) is 32.1 Å². The standard InChI is InChI=1S/C12H23NO2/c1-14-12(15-2)9-13(10-12)8-11-6-4-3-5-7-11/h11H,3-10H2,1-2H3. The lowest BCUT2D eigenvalue weighted by Crippen LogP contribution is -2.64. The van der Waals surface area contributed by atoms with E-state index in [2.05, 4.69) is 4.90 Å². The van der Waals surface area contributed by atoms with E-state index in [-0.39, 0.29) is 5.79 Å². The van der Waals surface area contributed by atoms with Crippen molar-refractivity contribution in [3.63, 3.8) is 0 Å². The second kappa shape index (κ2) is 4.81. The van der Waals surface area contributed by atoms with E-state index in [0.29, 0.717) is 0 Å². The number of rotatable bonds is 4. The first-order chi connectivity index (χ1) is 7.28. The monoisotopic (exact) mass is 213 g/mol. The molecule has 0 spiro atoms. The summed E-state index contributed by atoms with van der Waals surface area (Å²) in [5.41, 5.74) is 0.